The largest absolute Gasteiger partial charge is 0.481 e. The molecule has 3 nitrogen and oxygen atoms in total. The Morgan fingerprint density at radius 1 is 1.39 bits per heavy atom. The van der Waals surface area contributed by atoms with E-state index in [0.29, 0.717) is 6.54 Å². The van der Waals surface area contributed by atoms with Gasteiger partial charge >= 0.3 is 5.97 Å². The summed E-state index contributed by atoms with van der Waals surface area (Å²) in [4.78, 5) is 13.5. The van der Waals surface area contributed by atoms with E-state index in [4.69, 9.17) is 0 Å². The van der Waals surface area contributed by atoms with Crippen molar-refractivity contribution < 1.29 is 9.90 Å². The first-order chi connectivity index (χ1) is 8.59. The third-order valence-corrected chi connectivity index (χ3v) is 3.75. The van der Waals surface area contributed by atoms with Gasteiger partial charge in [0, 0.05) is 18.8 Å². The van der Waals surface area contributed by atoms with E-state index in [9.17, 15) is 9.90 Å². The van der Waals surface area contributed by atoms with E-state index in [0.717, 1.165) is 19.4 Å². The Morgan fingerprint density at radius 2 is 2.11 bits per heavy atom. The lowest BCUT2D eigenvalue weighted by Crippen LogP contribution is -2.38. The van der Waals surface area contributed by atoms with Crippen molar-refractivity contribution in [2.24, 2.45) is 11.8 Å². The summed E-state index contributed by atoms with van der Waals surface area (Å²) in [5.41, 5.74) is 2.56. The fourth-order valence-electron chi connectivity index (χ4n) is 2.61. The fourth-order valence-corrected chi connectivity index (χ4v) is 2.61. The summed E-state index contributed by atoms with van der Waals surface area (Å²) in [6.45, 7) is 5.54. The summed E-state index contributed by atoms with van der Waals surface area (Å²) >= 11 is 0. The average molecular weight is 247 g/mol. The molecule has 0 aliphatic carbocycles. The maximum atomic E-state index is 11.3. The van der Waals surface area contributed by atoms with Crippen LogP contribution in [0.4, 0.5) is 5.69 Å². The summed E-state index contributed by atoms with van der Waals surface area (Å²) in [7, 11) is 0. The maximum absolute atomic E-state index is 11.3. The van der Waals surface area contributed by atoms with Gasteiger partial charge in [-0.1, -0.05) is 32.0 Å². The number of carboxylic acid groups (broad SMARTS) is 1. The number of nitrogens with zero attached hydrogens (tertiary/aromatic N) is 1. The first kappa shape index (κ1) is 12.9. The van der Waals surface area contributed by atoms with Crippen molar-refractivity contribution in [2.45, 2.75) is 26.7 Å². The van der Waals surface area contributed by atoms with E-state index in [2.05, 4.69) is 23.1 Å². The zero-order chi connectivity index (χ0) is 13.1. The number of fused-ring (bicyclic) bond motifs is 1. The van der Waals surface area contributed by atoms with Crippen molar-refractivity contribution >= 4 is 11.7 Å². The van der Waals surface area contributed by atoms with Crippen LogP contribution in [0, 0.1) is 11.8 Å². The number of carbonyl (C=O) groups is 1. The molecule has 0 bridgehead atoms. The maximum Gasteiger partial charge on any atom is 0.308 e. The van der Waals surface area contributed by atoms with E-state index < -0.39 is 5.97 Å². The second-order valence-electron chi connectivity index (χ2n) is 5.37. The van der Waals surface area contributed by atoms with E-state index in [1.54, 1.807) is 0 Å². The van der Waals surface area contributed by atoms with Crippen molar-refractivity contribution in [3.8, 4) is 0 Å². The van der Waals surface area contributed by atoms with Crippen LogP contribution in [0.25, 0.3) is 0 Å². The van der Waals surface area contributed by atoms with E-state index in [1.165, 1.54) is 11.3 Å². The zero-order valence-corrected chi connectivity index (χ0v) is 11.1. The number of benzene rings is 1. The van der Waals surface area contributed by atoms with Crippen molar-refractivity contribution in [3.63, 3.8) is 0 Å². The molecule has 2 rings (SSSR count). The van der Waals surface area contributed by atoms with Gasteiger partial charge in [-0.3, -0.25) is 4.79 Å². The molecule has 18 heavy (non-hydrogen) atoms. The van der Waals surface area contributed by atoms with Gasteiger partial charge in [0.05, 0.1) is 5.92 Å². The molecule has 0 aromatic heterocycles. The second-order valence-corrected chi connectivity index (χ2v) is 5.37. The molecular weight excluding hydrogens is 226 g/mol. The highest BCUT2D eigenvalue weighted by atomic mass is 16.4. The van der Waals surface area contributed by atoms with Gasteiger partial charge in [0.25, 0.3) is 0 Å². The van der Waals surface area contributed by atoms with Gasteiger partial charge in [-0.05, 0) is 30.4 Å². The minimum absolute atomic E-state index is 0.164. The molecule has 1 aliphatic heterocycles. The molecule has 3 heteroatoms. The van der Waals surface area contributed by atoms with Crippen LogP contribution in [-0.2, 0) is 11.2 Å². The van der Waals surface area contributed by atoms with Gasteiger partial charge < -0.3 is 10.0 Å². The Bertz CT molecular complexity index is 428. The molecule has 1 heterocycles. The van der Waals surface area contributed by atoms with E-state index in [-0.39, 0.29) is 11.8 Å². The standard InChI is InChI=1S/C15H21NO2/c1-11(2)13(15(17)18)10-16-9-5-7-12-6-3-4-8-14(12)16/h3-4,6,8,11,13H,5,7,9-10H2,1-2H3,(H,17,18). The van der Waals surface area contributed by atoms with Crippen LogP contribution in [0.15, 0.2) is 24.3 Å². The molecule has 98 valence electrons. The number of aryl methyl sites for hydroxylation is 1. The Hall–Kier alpha value is -1.51. The highest BCUT2D eigenvalue weighted by Gasteiger charge is 2.26. The lowest BCUT2D eigenvalue weighted by Gasteiger charge is -2.34. The molecule has 1 N–H and O–H groups in total. The van der Waals surface area contributed by atoms with Crippen LogP contribution < -0.4 is 4.90 Å². The molecule has 0 saturated heterocycles. The van der Waals surface area contributed by atoms with Crippen LogP contribution >= 0.6 is 0 Å². The van der Waals surface area contributed by atoms with E-state index in [1.807, 2.05) is 19.9 Å². The number of carboxylic acids is 1. The molecule has 0 radical (unpaired) electrons. The third-order valence-electron chi connectivity index (χ3n) is 3.75. The molecule has 1 unspecified atom stereocenters. The molecule has 0 fully saturated rings. The highest BCUT2D eigenvalue weighted by molar-refractivity contribution is 5.71. The molecule has 0 spiro atoms. The van der Waals surface area contributed by atoms with Crippen LogP contribution in [0.2, 0.25) is 0 Å². The SMILES string of the molecule is CC(C)C(CN1CCCc2ccccc21)C(=O)O. The lowest BCUT2D eigenvalue weighted by molar-refractivity contribution is -0.142. The summed E-state index contributed by atoms with van der Waals surface area (Å²) in [6, 6.07) is 8.34. The summed E-state index contributed by atoms with van der Waals surface area (Å²) in [6.07, 6.45) is 2.22. The van der Waals surface area contributed by atoms with Gasteiger partial charge in [-0.15, -0.1) is 0 Å². The van der Waals surface area contributed by atoms with Gasteiger partial charge in [-0.25, -0.2) is 0 Å². The number of para-hydroxylation sites is 1. The van der Waals surface area contributed by atoms with Crippen LogP contribution in [-0.4, -0.2) is 24.2 Å². The van der Waals surface area contributed by atoms with Crippen LogP contribution in [0.3, 0.4) is 0 Å². The normalized spacial score (nSPS) is 16.5. The number of aliphatic carboxylic acids is 1. The van der Waals surface area contributed by atoms with Crippen molar-refractivity contribution in [2.75, 3.05) is 18.0 Å². The van der Waals surface area contributed by atoms with Crippen molar-refractivity contribution in [1.29, 1.82) is 0 Å². The molecular formula is C15H21NO2. The predicted molar refractivity (Wildman–Crippen MR) is 72.9 cm³/mol. The molecule has 1 aromatic carbocycles. The van der Waals surface area contributed by atoms with Gasteiger partial charge in [0.2, 0.25) is 0 Å². The zero-order valence-electron chi connectivity index (χ0n) is 11.1. The molecule has 1 aliphatic rings. The first-order valence-electron chi connectivity index (χ1n) is 6.65. The third kappa shape index (κ3) is 2.66. The van der Waals surface area contributed by atoms with Crippen LogP contribution in [0.1, 0.15) is 25.8 Å². The Balaban J connectivity index is 2.18. The smallest absolute Gasteiger partial charge is 0.308 e. The minimum atomic E-state index is -0.687. The number of hydrogen-bond donors (Lipinski definition) is 1. The average Bonchev–Trinajstić information content (AvgIpc) is 2.35. The Labute approximate surface area is 108 Å². The fraction of sp³-hybridized carbons (Fsp3) is 0.533. The van der Waals surface area contributed by atoms with Gasteiger partial charge in [0.1, 0.15) is 0 Å². The lowest BCUT2D eigenvalue weighted by atomic mass is 9.93. The summed E-state index contributed by atoms with van der Waals surface area (Å²) in [5.74, 6) is -0.819. The molecule has 1 aromatic rings. The number of hydrogen-bond acceptors (Lipinski definition) is 2. The van der Waals surface area contributed by atoms with E-state index >= 15 is 0 Å². The topological polar surface area (TPSA) is 40.5 Å². The molecule has 0 saturated carbocycles. The molecule has 0 amide bonds. The first-order valence-corrected chi connectivity index (χ1v) is 6.65. The van der Waals surface area contributed by atoms with Crippen molar-refractivity contribution in [3.05, 3.63) is 29.8 Å². The highest BCUT2D eigenvalue weighted by Crippen LogP contribution is 2.28. The van der Waals surface area contributed by atoms with Gasteiger partial charge in [-0.2, -0.15) is 0 Å². The van der Waals surface area contributed by atoms with Gasteiger partial charge in [0.15, 0.2) is 0 Å². The predicted octanol–water partition coefficient (Wildman–Crippen LogP) is 2.80. The Kier molecular flexibility index (Phi) is 3.90. The molecule has 1 atom stereocenters. The number of anilines is 1. The van der Waals surface area contributed by atoms with Crippen LogP contribution in [0.5, 0.6) is 0 Å². The number of rotatable bonds is 4. The minimum Gasteiger partial charge on any atom is -0.481 e. The summed E-state index contributed by atoms with van der Waals surface area (Å²) < 4.78 is 0. The second kappa shape index (κ2) is 5.42. The quantitative estimate of drug-likeness (QED) is 0.889. The monoisotopic (exact) mass is 247 g/mol. The Morgan fingerprint density at radius 3 is 2.78 bits per heavy atom. The van der Waals surface area contributed by atoms with Crippen molar-refractivity contribution in [1.82, 2.24) is 0 Å². The summed E-state index contributed by atoms with van der Waals surface area (Å²) in [5, 5.41) is 9.30.